The minimum atomic E-state index is -0.457. The van der Waals surface area contributed by atoms with Gasteiger partial charge < -0.3 is 10.2 Å². The first-order valence-electron chi connectivity index (χ1n) is 11.3. The van der Waals surface area contributed by atoms with Crippen LogP contribution >= 0.6 is 11.3 Å². The van der Waals surface area contributed by atoms with Crippen molar-refractivity contribution in [1.82, 2.24) is 15.1 Å². The number of carbonyl (C=O) groups excluding carboxylic acids is 2. The van der Waals surface area contributed by atoms with Gasteiger partial charge in [0.1, 0.15) is 6.04 Å². The Morgan fingerprint density at radius 2 is 1.87 bits per heavy atom. The van der Waals surface area contributed by atoms with E-state index in [1.807, 2.05) is 26.0 Å². The molecule has 2 amide bonds. The minimum Gasteiger partial charge on any atom is -0.352 e. The number of carbonyl (C=O) groups is 2. The summed E-state index contributed by atoms with van der Waals surface area (Å²) in [5.41, 5.74) is 3.54. The van der Waals surface area contributed by atoms with Crippen LogP contribution in [-0.2, 0) is 22.6 Å². The first-order valence-corrected chi connectivity index (χ1v) is 12.3. The second kappa shape index (κ2) is 10.9. The third-order valence-corrected chi connectivity index (χ3v) is 6.81. The Bertz CT molecular complexity index is 861. The second-order valence-electron chi connectivity index (χ2n) is 8.65. The van der Waals surface area contributed by atoms with E-state index in [2.05, 4.69) is 53.0 Å². The highest BCUT2D eigenvalue weighted by Crippen LogP contribution is 2.26. The molecule has 0 aliphatic carbocycles. The molecule has 0 radical (unpaired) electrons. The molecule has 0 bridgehead atoms. The number of hydrogen-bond donors (Lipinski definition) is 1. The highest BCUT2D eigenvalue weighted by Gasteiger charge is 2.35. The smallest absolute Gasteiger partial charge is 0.243 e. The van der Waals surface area contributed by atoms with Crippen LogP contribution in [-0.4, -0.2) is 47.3 Å². The summed E-state index contributed by atoms with van der Waals surface area (Å²) < 4.78 is 0. The average Bonchev–Trinajstić information content (AvgIpc) is 3.29. The number of rotatable bonds is 9. The molecule has 168 valence electrons. The number of benzene rings is 1. The van der Waals surface area contributed by atoms with Crippen LogP contribution in [0.5, 0.6) is 0 Å². The van der Waals surface area contributed by atoms with Crippen LogP contribution in [0.1, 0.15) is 56.8 Å². The Kier molecular flexibility index (Phi) is 8.27. The zero-order chi connectivity index (χ0) is 22.4. The molecule has 2 aromatic rings. The van der Waals surface area contributed by atoms with Gasteiger partial charge >= 0.3 is 0 Å². The van der Waals surface area contributed by atoms with Crippen LogP contribution in [0.2, 0.25) is 0 Å². The van der Waals surface area contributed by atoms with Gasteiger partial charge in [-0.2, -0.15) is 11.3 Å². The maximum absolute atomic E-state index is 13.4. The molecule has 1 aromatic heterocycles. The number of nitrogens with zero attached hydrogens (tertiary/aromatic N) is 2. The van der Waals surface area contributed by atoms with Gasteiger partial charge in [0.05, 0.1) is 6.04 Å². The van der Waals surface area contributed by atoms with E-state index in [0.717, 1.165) is 24.2 Å². The molecular formula is C25H35N3O2S. The summed E-state index contributed by atoms with van der Waals surface area (Å²) in [7, 11) is 0. The molecule has 2 atom stereocenters. The fraction of sp³-hybridized carbons (Fsp3) is 0.520. The van der Waals surface area contributed by atoms with Crippen molar-refractivity contribution >= 4 is 23.2 Å². The molecule has 1 aromatic carbocycles. The maximum Gasteiger partial charge on any atom is 0.243 e. The molecular weight excluding hydrogens is 406 g/mol. The van der Waals surface area contributed by atoms with Crippen LogP contribution in [0.15, 0.2) is 41.1 Å². The molecule has 0 saturated carbocycles. The summed E-state index contributed by atoms with van der Waals surface area (Å²) in [5, 5.41) is 7.43. The average molecular weight is 442 g/mol. The lowest BCUT2D eigenvalue weighted by molar-refractivity contribution is -0.142. The number of amides is 2. The Labute approximate surface area is 190 Å². The molecule has 1 aliphatic rings. The largest absolute Gasteiger partial charge is 0.352 e. The Morgan fingerprint density at radius 3 is 2.48 bits per heavy atom. The molecule has 3 rings (SSSR count). The number of hydrogen-bond acceptors (Lipinski definition) is 4. The summed E-state index contributed by atoms with van der Waals surface area (Å²) in [6.45, 7) is 11.3. The topological polar surface area (TPSA) is 52.7 Å². The van der Waals surface area contributed by atoms with Gasteiger partial charge in [-0.1, -0.05) is 52.0 Å². The van der Waals surface area contributed by atoms with Crippen LogP contribution in [0.3, 0.4) is 0 Å². The third-order valence-electron chi connectivity index (χ3n) is 6.11. The van der Waals surface area contributed by atoms with E-state index in [4.69, 9.17) is 0 Å². The lowest BCUT2D eigenvalue weighted by Crippen LogP contribution is -2.53. The first kappa shape index (κ1) is 23.5. The summed E-state index contributed by atoms with van der Waals surface area (Å²) in [4.78, 5) is 30.5. The predicted octanol–water partition coefficient (Wildman–Crippen LogP) is 4.25. The summed E-state index contributed by atoms with van der Waals surface area (Å²) >= 11 is 1.68. The van der Waals surface area contributed by atoms with E-state index < -0.39 is 6.04 Å². The van der Waals surface area contributed by atoms with E-state index in [9.17, 15) is 9.59 Å². The van der Waals surface area contributed by atoms with E-state index in [0.29, 0.717) is 25.9 Å². The van der Waals surface area contributed by atoms with Crippen molar-refractivity contribution in [1.29, 1.82) is 0 Å². The molecule has 0 spiro atoms. The van der Waals surface area contributed by atoms with Crippen molar-refractivity contribution in [3.05, 3.63) is 57.8 Å². The monoisotopic (exact) mass is 441 g/mol. The van der Waals surface area contributed by atoms with Gasteiger partial charge in [-0.25, -0.2) is 0 Å². The SMILES string of the molecule is CCN(CC)C(CNC(=O)C1Cc2ccccc2CN1C(=O)CC(C)C)c1ccsc1. The van der Waals surface area contributed by atoms with Crippen molar-refractivity contribution in [3.8, 4) is 0 Å². The molecule has 2 heterocycles. The fourth-order valence-corrected chi connectivity index (χ4v) is 5.09. The lowest BCUT2D eigenvalue weighted by Gasteiger charge is -2.37. The van der Waals surface area contributed by atoms with Crippen molar-refractivity contribution in [2.24, 2.45) is 5.92 Å². The van der Waals surface area contributed by atoms with E-state index in [1.165, 1.54) is 5.56 Å². The first-order chi connectivity index (χ1) is 14.9. The van der Waals surface area contributed by atoms with Crippen LogP contribution in [0.4, 0.5) is 0 Å². The molecule has 5 nitrogen and oxygen atoms in total. The second-order valence-corrected chi connectivity index (χ2v) is 9.43. The zero-order valence-corrected chi connectivity index (χ0v) is 20.0. The van der Waals surface area contributed by atoms with Gasteiger partial charge in [0.15, 0.2) is 0 Å². The Balaban J connectivity index is 1.77. The summed E-state index contributed by atoms with van der Waals surface area (Å²) in [6, 6.07) is 9.96. The Hall–Kier alpha value is -2.18. The standard InChI is InChI=1S/C25H35N3O2S/c1-5-27(6-2)23(21-11-12-31-17-21)15-26-25(30)22-14-19-9-7-8-10-20(19)16-28(22)24(29)13-18(3)4/h7-12,17-18,22-23H,5-6,13-16H2,1-4H3,(H,26,30). The van der Waals surface area contributed by atoms with Gasteiger partial charge in [-0.05, 0) is 52.5 Å². The van der Waals surface area contributed by atoms with Crippen LogP contribution in [0.25, 0.3) is 0 Å². The van der Waals surface area contributed by atoms with E-state index in [-0.39, 0.29) is 23.8 Å². The van der Waals surface area contributed by atoms with Crippen LogP contribution < -0.4 is 5.32 Å². The van der Waals surface area contributed by atoms with Crippen molar-refractivity contribution < 1.29 is 9.59 Å². The highest BCUT2D eigenvalue weighted by molar-refractivity contribution is 7.08. The highest BCUT2D eigenvalue weighted by atomic mass is 32.1. The fourth-order valence-electron chi connectivity index (χ4n) is 4.39. The lowest BCUT2D eigenvalue weighted by atomic mass is 9.92. The molecule has 2 unspecified atom stereocenters. The number of likely N-dealkylation sites (N-methyl/N-ethyl adjacent to an activating group) is 1. The van der Waals surface area contributed by atoms with Crippen LogP contribution in [0, 0.1) is 5.92 Å². The zero-order valence-electron chi connectivity index (χ0n) is 19.1. The van der Waals surface area contributed by atoms with Crippen molar-refractivity contribution in [3.63, 3.8) is 0 Å². The predicted molar refractivity (Wildman–Crippen MR) is 127 cm³/mol. The number of nitrogens with one attached hydrogen (secondary N) is 1. The number of fused-ring (bicyclic) bond motifs is 1. The summed E-state index contributed by atoms with van der Waals surface area (Å²) in [6.07, 6.45) is 1.03. The van der Waals surface area contributed by atoms with E-state index >= 15 is 0 Å². The Morgan fingerprint density at radius 1 is 1.16 bits per heavy atom. The van der Waals surface area contributed by atoms with Crippen molar-refractivity contribution in [2.45, 2.75) is 59.2 Å². The molecule has 1 N–H and O–H groups in total. The van der Waals surface area contributed by atoms with Crippen molar-refractivity contribution in [2.75, 3.05) is 19.6 Å². The third kappa shape index (κ3) is 5.74. The van der Waals surface area contributed by atoms with Gasteiger partial charge in [-0.15, -0.1) is 0 Å². The minimum absolute atomic E-state index is 0.0565. The molecule has 0 saturated heterocycles. The molecule has 6 heteroatoms. The van der Waals surface area contributed by atoms with Gasteiger partial charge in [-0.3, -0.25) is 14.5 Å². The molecule has 1 aliphatic heterocycles. The number of thiophene rings is 1. The van der Waals surface area contributed by atoms with E-state index in [1.54, 1.807) is 16.2 Å². The molecule has 0 fully saturated rings. The maximum atomic E-state index is 13.4. The normalized spacial score (nSPS) is 17.0. The van der Waals surface area contributed by atoms with Gasteiger partial charge in [0.2, 0.25) is 11.8 Å². The van der Waals surface area contributed by atoms with Gasteiger partial charge in [0, 0.05) is 25.9 Å². The quantitative estimate of drug-likeness (QED) is 0.633. The van der Waals surface area contributed by atoms with Gasteiger partial charge in [0.25, 0.3) is 0 Å². The molecule has 31 heavy (non-hydrogen) atoms. The summed E-state index contributed by atoms with van der Waals surface area (Å²) in [5.74, 6) is 0.265.